The van der Waals surface area contributed by atoms with Crippen molar-refractivity contribution in [2.45, 2.75) is 19.4 Å². The standard InChI is InChI=1S/C13H17BrN2O2/c1-2-11-9-15(7-8-16(11)13(17)18)12-5-3-10(14)4-6-12/h3-6,11H,2,7-9H2,1H3,(H,17,18)/t11-/m0/s1. The number of hydrogen-bond donors (Lipinski definition) is 1. The van der Waals surface area contributed by atoms with E-state index >= 15 is 0 Å². The molecular formula is C13H17BrN2O2. The Kier molecular flexibility index (Phi) is 4.11. The Hall–Kier alpha value is -1.23. The van der Waals surface area contributed by atoms with Crippen LogP contribution in [0.4, 0.5) is 10.5 Å². The lowest BCUT2D eigenvalue weighted by molar-refractivity contribution is 0.116. The number of nitrogens with zero attached hydrogens (tertiary/aromatic N) is 2. The van der Waals surface area contributed by atoms with E-state index in [-0.39, 0.29) is 6.04 Å². The molecule has 0 saturated carbocycles. The lowest BCUT2D eigenvalue weighted by atomic mass is 10.1. The number of halogens is 1. The number of rotatable bonds is 2. The number of hydrogen-bond acceptors (Lipinski definition) is 2. The van der Waals surface area contributed by atoms with Gasteiger partial charge in [-0.2, -0.15) is 0 Å². The van der Waals surface area contributed by atoms with Gasteiger partial charge in [0, 0.05) is 29.8 Å². The highest BCUT2D eigenvalue weighted by Crippen LogP contribution is 2.22. The molecule has 0 unspecified atom stereocenters. The third kappa shape index (κ3) is 2.77. The monoisotopic (exact) mass is 312 g/mol. The molecule has 18 heavy (non-hydrogen) atoms. The third-order valence-electron chi connectivity index (χ3n) is 3.39. The minimum Gasteiger partial charge on any atom is -0.465 e. The van der Waals surface area contributed by atoms with Gasteiger partial charge >= 0.3 is 6.09 Å². The Bertz CT molecular complexity index is 422. The third-order valence-corrected chi connectivity index (χ3v) is 3.92. The van der Waals surface area contributed by atoms with Crippen molar-refractivity contribution in [2.24, 2.45) is 0 Å². The average molecular weight is 313 g/mol. The second-order valence-corrected chi connectivity index (χ2v) is 5.38. The number of carbonyl (C=O) groups is 1. The highest BCUT2D eigenvalue weighted by Gasteiger charge is 2.28. The molecule has 0 aliphatic carbocycles. The number of piperazine rings is 1. The minimum atomic E-state index is -0.808. The first-order valence-electron chi connectivity index (χ1n) is 6.12. The highest BCUT2D eigenvalue weighted by atomic mass is 79.9. The van der Waals surface area contributed by atoms with Gasteiger partial charge in [0.1, 0.15) is 0 Å². The van der Waals surface area contributed by atoms with Crippen molar-refractivity contribution in [3.8, 4) is 0 Å². The van der Waals surface area contributed by atoms with Crippen molar-refractivity contribution in [1.29, 1.82) is 0 Å². The summed E-state index contributed by atoms with van der Waals surface area (Å²) in [6, 6.07) is 8.24. The van der Waals surface area contributed by atoms with Crippen LogP contribution in [0.3, 0.4) is 0 Å². The van der Waals surface area contributed by atoms with Crippen molar-refractivity contribution in [3.05, 3.63) is 28.7 Å². The Balaban J connectivity index is 2.09. The first-order chi connectivity index (χ1) is 8.61. The van der Waals surface area contributed by atoms with Crippen LogP contribution >= 0.6 is 15.9 Å². The topological polar surface area (TPSA) is 43.8 Å². The fraction of sp³-hybridized carbons (Fsp3) is 0.462. The van der Waals surface area contributed by atoms with Gasteiger partial charge in [0.2, 0.25) is 0 Å². The molecule has 1 heterocycles. The molecule has 5 heteroatoms. The summed E-state index contributed by atoms with van der Waals surface area (Å²) < 4.78 is 1.06. The SMILES string of the molecule is CC[C@H]1CN(c2ccc(Br)cc2)CCN1C(=O)O. The van der Waals surface area contributed by atoms with Gasteiger partial charge in [-0.3, -0.25) is 0 Å². The minimum absolute atomic E-state index is 0.0832. The molecule has 0 aromatic heterocycles. The smallest absolute Gasteiger partial charge is 0.407 e. The van der Waals surface area contributed by atoms with Crippen LogP contribution in [0.1, 0.15) is 13.3 Å². The van der Waals surface area contributed by atoms with Crippen LogP contribution in [0.5, 0.6) is 0 Å². The van der Waals surface area contributed by atoms with Gasteiger partial charge in [0.05, 0.1) is 6.04 Å². The zero-order valence-corrected chi connectivity index (χ0v) is 11.9. The molecule has 0 radical (unpaired) electrons. The lowest BCUT2D eigenvalue weighted by Gasteiger charge is -2.40. The van der Waals surface area contributed by atoms with Crippen molar-refractivity contribution in [1.82, 2.24) is 4.90 Å². The van der Waals surface area contributed by atoms with E-state index in [2.05, 4.69) is 33.0 Å². The Morgan fingerprint density at radius 1 is 1.39 bits per heavy atom. The van der Waals surface area contributed by atoms with Crippen LogP contribution in [-0.2, 0) is 0 Å². The maximum absolute atomic E-state index is 11.1. The van der Waals surface area contributed by atoms with E-state index in [0.717, 1.165) is 29.7 Å². The second kappa shape index (κ2) is 5.61. The van der Waals surface area contributed by atoms with Crippen molar-refractivity contribution in [2.75, 3.05) is 24.5 Å². The molecule has 2 rings (SSSR count). The Labute approximate surface area is 115 Å². The molecule has 1 aromatic rings. The summed E-state index contributed by atoms with van der Waals surface area (Å²) in [5.41, 5.74) is 1.15. The predicted molar refractivity (Wildman–Crippen MR) is 75.2 cm³/mol. The second-order valence-electron chi connectivity index (χ2n) is 4.46. The van der Waals surface area contributed by atoms with Crippen LogP contribution in [0, 0.1) is 0 Å². The number of anilines is 1. The number of benzene rings is 1. The summed E-state index contributed by atoms with van der Waals surface area (Å²) in [6.07, 6.45) is 0.0385. The zero-order valence-electron chi connectivity index (χ0n) is 10.3. The molecule has 1 saturated heterocycles. The van der Waals surface area contributed by atoms with E-state index in [1.54, 1.807) is 4.90 Å². The van der Waals surface area contributed by atoms with Gasteiger partial charge in [-0.1, -0.05) is 22.9 Å². The quantitative estimate of drug-likeness (QED) is 0.913. The summed E-state index contributed by atoms with van der Waals surface area (Å²) in [5.74, 6) is 0. The molecule has 0 spiro atoms. The van der Waals surface area contributed by atoms with Gasteiger partial charge in [-0.05, 0) is 30.7 Å². The number of amides is 1. The molecule has 1 aromatic carbocycles. The van der Waals surface area contributed by atoms with Gasteiger partial charge in [0.15, 0.2) is 0 Å². The van der Waals surface area contributed by atoms with E-state index in [0.29, 0.717) is 6.54 Å². The van der Waals surface area contributed by atoms with Gasteiger partial charge in [-0.25, -0.2) is 4.79 Å². The van der Waals surface area contributed by atoms with Crippen LogP contribution in [0.25, 0.3) is 0 Å². The summed E-state index contributed by atoms with van der Waals surface area (Å²) >= 11 is 3.42. The molecule has 4 nitrogen and oxygen atoms in total. The van der Waals surface area contributed by atoms with E-state index in [1.165, 1.54) is 0 Å². The van der Waals surface area contributed by atoms with Gasteiger partial charge in [-0.15, -0.1) is 0 Å². The lowest BCUT2D eigenvalue weighted by Crippen LogP contribution is -2.54. The summed E-state index contributed by atoms with van der Waals surface area (Å²) in [4.78, 5) is 14.9. The van der Waals surface area contributed by atoms with E-state index in [4.69, 9.17) is 5.11 Å². The molecular weight excluding hydrogens is 296 g/mol. The molecule has 1 fully saturated rings. The largest absolute Gasteiger partial charge is 0.465 e. The Morgan fingerprint density at radius 3 is 2.61 bits per heavy atom. The van der Waals surface area contributed by atoms with Crippen LogP contribution in [0.15, 0.2) is 28.7 Å². The fourth-order valence-corrected chi connectivity index (χ4v) is 2.61. The highest BCUT2D eigenvalue weighted by molar-refractivity contribution is 9.10. The van der Waals surface area contributed by atoms with Crippen LogP contribution in [0.2, 0.25) is 0 Å². The fourth-order valence-electron chi connectivity index (χ4n) is 2.34. The van der Waals surface area contributed by atoms with Gasteiger partial charge < -0.3 is 14.9 Å². The molecule has 1 aliphatic heterocycles. The first-order valence-corrected chi connectivity index (χ1v) is 6.91. The van der Waals surface area contributed by atoms with E-state index < -0.39 is 6.09 Å². The van der Waals surface area contributed by atoms with Crippen molar-refractivity contribution >= 4 is 27.7 Å². The van der Waals surface area contributed by atoms with Gasteiger partial charge in [0.25, 0.3) is 0 Å². The summed E-state index contributed by atoms with van der Waals surface area (Å²) in [7, 11) is 0. The van der Waals surface area contributed by atoms with Crippen LogP contribution < -0.4 is 4.90 Å². The van der Waals surface area contributed by atoms with E-state index in [9.17, 15) is 4.79 Å². The molecule has 1 N–H and O–H groups in total. The predicted octanol–water partition coefficient (Wildman–Crippen LogP) is 3.03. The first kappa shape index (κ1) is 13.2. The molecule has 1 amide bonds. The molecule has 0 bridgehead atoms. The van der Waals surface area contributed by atoms with Crippen molar-refractivity contribution in [3.63, 3.8) is 0 Å². The Morgan fingerprint density at radius 2 is 2.06 bits per heavy atom. The molecule has 1 aliphatic rings. The average Bonchev–Trinajstić information content (AvgIpc) is 2.38. The normalized spacial score (nSPS) is 20.0. The molecule has 98 valence electrons. The number of carboxylic acid groups (broad SMARTS) is 1. The maximum atomic E-state index is 11.1. The summed E-state index contributed by atoms with van der Waals surface area (Å²) in [5, 5.41) is 9.13. The van der Waals surface area contributed by atoms with Crippen LogP contribution in [-0.4, -0.2) is 41.8 Å². The maximum Gasteiger partial charge on any atom is 0.407 e. The zero-order chi connectivity index (χ0) is 13.1. The van der Waals surface area contributed by atoms with Crippen molar-refractivity contribution < 1.29 is 9.90 Å². The van der Waals surface area contributed by atoms with E-state index in [1.807, 2.05) is 19.1 Å². The molecule has 1 atom stereocenters. The summed E-state index contributed by atoms with van der Waals surface area (Å²) in [6.45, 7) is 4.13.